The summed E-state index contributed by atoms with van der Waals surface area (Å²) < 4.78 is 0. The molecule has 0 bridgehead atoms. The normalized spacial score (nSPS) is 10.5. The molecule has 0 aliphatic heterocycles. The van der Waals surface area contributed by atoms with Crippen LogP contribution in [0.15, 0.2) is 36.4 Å². The van der Waals surface area contributed by atoms with Gasteiger partial charge in [0.05, 0.1) is 0 Å². The summed E-state index contributed by atoms with van der Waals surface area (Å²) >= 11 is 0. The number of para-hydroxylation sites is 1. The molecule has 2 rings (SSSR count). The van der Waals surface area contributed by atoms with Crippen molar-refractivity contribution in [2.24, 2.45) is 0 Å². The average molecular weight is 282 g/mol. The van der Waals surface area contributed by atoms with Crippen molar-refractivity contribution in [2.75, 3.05) is 23.7 Å². The highest BCUT2D eigenvalue weighted by Gasteiger charge is 2.03. The van der Waals surface area contributed by atoms with Crippen molar-refractivity contribution in [2.45, 2.75) is 34.1 Å². The predicted molar refractivity (Wildman–Crippen MR) is 93.5 cm³/mol. The molecular formula is C19H26N2. The molecule has 0 atom stereocenters. The van der Waals surface area contributed by atoms with Crippen LogP contribution < -0.4 is 10.6 Å². The topological polar surface area (TPSA) is 24.1 Å². The van der Waals surface area contributed by atoms with Gasteiger partial charge in [0.1, 0.15) is 0 Å². The Hall–Kier alpha value is -1.96. The summed E-state index contributed by atoms with van der Waals surface area (Å²) in [4.78, 5) is 0. The molecule has 0 fully saturated rings. The van der Waals surface area contributed by atoms with Crippen molar-refractivity contribution in [1.82, 2.24) is 0 Å². The molecule has 2 aromatic carbocycles. The molecule has 2 heteroatoms. The van der Waals surface area contributed by atoms with Crippen LogP contribution in [0.1, 0.15) is 29.2 Å². The Kier molecular flexibility index (Phi) is 5.26. The zero-order chi connectivity index (χ0) is 15.2. The summed E-state index contributed by atoms with van der Waals surface area (Å²) in [5.41, 5.74) is 7.83. The van der Waals surface area contributed by atoms with Gasteiger partial charge in [0.15, 0.2) is 0 Å². The number of nitrogens with one attached hydrogen (secondary N) is 2. The zero-order valence-corrected chi connectivity index (χ0v) is 13.6. The van der Waals surface area contributed by atoms with E-state index in [4.69, 9.17) is 0 Å². The summed E-state index contributed by atoms with van der Waals surface area (Å²) in [7, 11) is 0. The fourth-order valence-electron chi connectivity index (χ4n) is 2.59. The first-order valence-corrected chi connectivity index (χ1v) is 7.75. The third-order valence-corrected chi connectivity index (χ3v) is 3.88. The second-order valence-corrected chi connectivity index (χ2v) is 5.63. The molecule has 0 saturated carbocycles. The van der Waals surface area contributed by atoms with Gasteiger partial charge in [-0.1, -0.05) is 37.3 Å². The number of hydrogen-bond acceptors (Lipinski definition) is 2. The van der Waals surface area contributed by atoms with Crippen LogP contribution in [0.2, 0.25) is 0 Å². The molecule has 112 valence electrons. The van der Waals surface area contributed by atoms with Crippen LogP contribution in [0, 0.1) is 20.8 Å². The molecule has 0 aromatic heterocycles. The summed E-state index contributed by atoms with van der Waals surface area (Å²) in [6, 6.07) is 13.0. The standard InChI is InChI=1S/C19H26N2/c1-5-17-8-6-7-16(4)19(17)21-12-11-20-18-13-14(2)9-10-15(18)3/h6-10,13,20-21H,5,11-12H2,1-4H3. The van der Waals surface area contributed by atoms with Crippen LogP contribution in [-0.2, 0) is 6.42 Å². The molecule has 2 nitrogen and oxygen atoms in total. The van der Waals surface area contributed by atoms with Crippen LogP contribution >= 0.6 is 0 Å². The van der Waals surface area contributed by atoms with Crippen molar-refractivity contribution in [3.05, 3.63) is 58.7 Å². The van der Waals surface area contributed by atoms with E-state index in [2.05, 4.69) is 74.7 Å². The monoisotopic (exact) mass is 282 g/mol. The Morgan fingerprint density at radius 2 is 1.62 bits per heavy atom. The SMILES string of the molecule is CCc1cccc(C)c1NCCNc1cc(C)ccc1C. The molecule has 0 radical (unpaired) electrons. The van der Waals surface area contributed by atoms with Gasteiger partial charge in [0.2, 0.25) is 0 Å². The predicted octanol–water partition coefficient (Wildman–Crippen LogP) is 4.70. The van der Waals surface area contributed by atoms with E-state index >= 15 is 0 Å². The zero-order valence-electron chi connectivity index (χ0n) is 13.6. The third kappa shape index (κ3) is 4.01. The van der Waals surface area contributed by atoms with Gasteiger partial charge >= 0.3 is 0 Å². The molecule has 0 unspecified atom stereocenters. The van der Waals surface area contributed by atoms with Crippen molar-refractivity contribution in [3.8, 4) is 0 Å². The quantitative estimate of drug-likeness (QED) is 0.751. The Morgan fingerprint density at radius 3 is 2.38 bits per heavy atom. The van der Waals surface area contributed by atoms with Gasteiger partial charge in [0.25, 0.3) is 0 Å². The van der Waals surface area contributed by atoms with Gasteiger partial charge in [-0.3, -0.25) is 0 Å². The molecule has 0 spiro atoms. The van der Waals surface area contributed by atoms with Crippen LogP contribution in [0.25, 0.3) is 0 Å². The average Bonchev–Trinajstić information content (AvgIpc) is 2.48. The molecular weight excluding hydrogens is 256 g/mol. The van der Waals surface area contributed by atoms with Gasteiger partial charge in [0, 0.05) is 24.5 Å². The summed E-state index contributed by atoms with van der Waals surface area (Å²) in [5, 5.41) is 7.09. The second-order valence-electron chi connectivity index (χ2n) is 5.63. The van der Waals surface area contributed by atoms with E-state index in [-0.39, 0.29) is 0 Å². The van der Waals surface area contributed by atoms with E-state index in [1.54, 1.807) is 0 Å². The van der Waals surface area contributed by atoms with Crippen molar-refractivity contribution in [3.63, 3.8) is 0 Å². The van der Waals surface area contributed by atoms with Gasteiger partial charge < -0.3 is 10.6 Å². The molecule has 0 heterocycles. The largest absolute Gasteiger partial charge is 0.383 e. The molecule has 0 aliphatic carbocycles. The van der Waals surface area contributed by atoms with Crippen LogP contribution in [0.4, 0.5) is 11.4 Å². The highest BCUT2D eigenvalue weighted by Crippen LogP contribution is 2.21. The highest BCUT2D eigenvalue weighted by molar-refractivity contribution is 5.57. The van der Waals surface area contributed by atoms with Gasteiger partial charge in [-0.15, -0.1) is 0 Å². The maximum Gasteiger partial charge on any atom is 0.0402 e. The van der Waals surface area contributed by atoms with Crippen molar-refractivity contribution < 1.29 is 0 Å². The minimum absolute atomic E-state index is 0.918. The number of anilines is 2. The highest BCUT2D eigenvalue weighted by atomic mass is 15.0. The lowest BCUT2D eigenvalue weighted by Gasteiger charge is -2.15. The Labute approximate surface area is 128 Å². The lowest BCUT2D eigenvalue weighted by molar-refractivity contribution is 1.05. The number of aryl methyl sites for hydroxylation is 4. The van der Waals surface area contributed by atoms with Crippen molar-refractivity contribution >= 4 is 11.4 Å². The molecule has 2 N–H and O–H groups in total. The van der Waals surface area contributed by atoms with E-state index < -0.39 is 0 Å². The fraction of sp³-hybridized carbons (Fsp3) is 0.368. The van der Waals surface area contributed by atoms with E-state index in [1.165, 1.54) is 33.6 Å². The van der Waals surface area contributed by atoms with Crippen LogP contribution in [0.3, 0.4) is 0 Å². The third-order valence-electron chi connectivity index (χ3n) is 3.88. The summed E-state index contributed by atoms with van der Waals surface area (Å²) in [5.74, 6) is 0. The smallest absolute Gasteiger partial charge is 0.0402 e. The van der Waals surface area contributed by atoms with E-state index in [0.29, 0.717) is 0 Å². The Balaban J connectivity index is 1.92. The molecule has 2 aromatic rings. The minimum atomic E-state index is 0.918. The molecule has 21 heavy (non-hydrogen) atoms. The summed E-state index contributed by atoms with van der Waals surface area (Å²) in [6.07, 6.45) is 1.06. The Morgan fingerprint density at radius 1 is 0.857 bits per heavy atom. The summed E-state index contributed by atoms with van der Waals surface area (Å²) in [6.45, 7) is 10.5. The number of rotatable bonds is 6. The first kappa shape index (κ1) is 15.4. The lowest BCUT2D eigenvalue weighted by atomic mass is 10.1. The second kappa shape index (κ2) is 7.16. The number of benzene rings is 2. The van der Waals surface area contributed by atoms with E-state index in [1.807, 2.05) is 0 Å². The lowest BCUT2D eigenvalue weighted by Crippen LogP contribution is -2.15. The maximum atomic E-state index is 3.57. The van der Waals surface area contributed by atoms with Crippen molar-refractivity contribution in [1.29, 1.82) is 0 Å². The Bertz CT molecular complexity index is 603. The van der Waals surface area contributed by atoms with Crippen LogP contribution in [0.5, 0.6) is 0 Å². The fourth-order valence-corrected chi connectivity index (χ4v) is 2.59. The van der Waals surface area contributed by atoms with Gasteiger partial charge in [-0.05, 0) is 55.5 Å². The minimum Gasteiger partial charge on any atom is -0.383 e. The van der Waals surface area contributed by atoms with Gasteiger partial charge in [-0.2, -0.15) is 0 Å². The maximum absolute atomic E-state index is 3.57. The molecule has 0 saturated heterocycles. The molecule has 0 aliphatic rings. The van der Waals surface area contributed by atoms with E-state index in [0.717, 1.165) is 19.5 Å². The first-order chi connectivity index (χ1) is 10.1. The molecule has 0 amide bonds. The number of hydrogen-bond donors (Lipinski definition) is 2. The first-order valence-electron chi connectivity index (χ1n) is 7.75. The van der Waals surface area contributed by atoms with E-state index in [9.17, 15) is 0 Å². The van der Waals surface area contributed by atoms with Gasteiger partial charge in [-0.25, -0.2) is 0 Å². The van der Waals surface area contributed by atoms with Crippen LogP contribution in [-0.4, -0.2) is 13.1 Å².